The zero-order valence-electron chi connectivity index (χ0n) is 18.8. The summed E-state index contributed by atoms with van der Waals surface area (Å²) >= 11 is 5.94. The number of carbonyl (C=O) groups is 1. The Balaban J connectivity index is 1.71. The molecule has 2 aromatic heterocycles. The van der Waals surface area contributed by atoms with Crippen molar-refractivity contribution in [2.24, 2.45) is 0 Å². The number of hydrogen-bond acceptors (Lipinski definition) is 4. The molecule has 5 aromatic rings. The zero-order chi connectivity index (χ0) is 25.4. The van der Waals surface area contributed by atoms with E-state index < -0.39 is 29.1 Å². The summed E-state index contributed by atoms with van der Waals surface area (Å²) in [5.74, 6) is -0.827. The average Bonchev–Trinajstić information content (AvgIpc) is 3.49. The largest absolute Gasteiger partial charge is 0.497 e. The molecule has 0 aliphatic carbocycles. The molecule has 0 atom stereocenters. The standard InChI is InChI=1S/C27H18ClF3N2O3/c1-35-19-11-12-21-20(13-19)23(24(34)26-32-14-22(36-26)17-5-3-2-4-6-17)25(27(29,30)31)33(21)15-16-7-9-18(28)10-8-16/h2-14H,15H2,1H3. The molecule has 182 valence electrons. The lowest BCUT2D eigenvalue weighted by Gasteiger charge is -2.14. The van der Waals surface area contributed by atoms with Crippen molar-refractivity contribution in [2.75, 3.05) is 7.11 Å². The van der Waals surface area contributed by atoms with Crippen LogP contribution in [0.5, 0.6) is 5.75 Å². The van der Waals surface area contributed by atoms with Crippen LogP contribution in [0.1, 0.15) is 27.5 Å². The number of alkyl halides is 3. The summed E-state index contributed by atoms with van der Waals surface area (Å²) in [6.45, 7) is -0.136. The molecule has 5 nitrogen and oxygen atoms in total. The molecule has 0 aliphatic rings. The van der Waals surface area contributed by atoms with Gasteiger partial charge in [0.25, 0.3) is 11.7 Å². The fraction of sp³-hybridized carbons (Fsp3) is 0.111. The van der Waals surface area contributed by atoms with Crippen molar-refractivity contribution in [3.63, 3.8) is 0 Å². The van der Waals surface area contributed by atoms with Crippen molar-refractivity contribution in [3.8, 4) is 17.1 Å². The lowest BCUT2D eigenvalue weighted by Crippen LogP contribution is -2.18. The predicted octanol–water partition coefficient (Wildman–Crippen LogP) is 7.26. The summed E-state index contributed by atoms with van der Waals surface area (Å²) < 4.78 is 55.6. The van der Waals surface area contributed by atoms with Gasteiger partial charge in [-0.15, -0.1) is 0 Å². The second-order valence-corrected chi connectivity index (χ2v) is 8.48. The second-order valence-electron chi connectivity index (χ2n) is 8.04. The van der Waals surface area contributed by atoms with E-state index in [1.807, 2.05) is 6.07 Å². The minimum absolute atomic E-state index is 0.0834. The molecule has 3 aromatic carbocycles. The highest BCUT2D eigenvalue weighted by molar-refractivity contribution is 6.30. The fourth-order valence-corrected chi connectivity index (χ4v) is 4.27. The number of aromatic nitrogens is 2. The molecule has 9 heteroatoms. The number of benzene rings is 3. The van der Waals surface area contributed by atoms with Crippen LogP contribution in [0, 0.1) is 0 Å². The Morgan fingerprint density at radius 3 is 2.44 bits per heavy atom. The number of halogens is 4. The number of oxazole rings is 1. The second kappa shape index (κ2) is 9.20. The van der Waals surface area contributed by atoms with E-state index in [0.717, 1.165) is 4.57 Å². The maximum atomic E-state index is 14.6. The van der Waals surface area contributed by atoms with Gasteiger partial charge in [0, 0.05) is 28.0 Å². The molecule has 0 saturated carbocycles. The summed E-state index contributed by atoms with van der Waals surface area (Å²) in [4.78, 5) is 17.6. The van der Waals surface area contributed by atoms with Gasteiger partial charge in [-0.25, -0.2) is 4.98 Å². The summed E-state index contributed by atoms with van der Waals surface area (Å²) in [6, 6.07) is 19.8. The Morgan fingerprint density at radius 2 is 1.78 bits per heavy atom. The highest BCUT2D eigenvalue weighted by atomic mass is 35.5. The van der Waals surface area contributed by atoms with Crippen LogP contribution in [-0.4, -0.2) is 22.4 Å². The van der Waals surface area contributed by atoms with Crippen molar-refractivity contribution >= 4 is 28.3 Å². The van der Waals surface area contributed by atoms with E-state index in [0.29, 0.717) is 21.9 Å². The van der Waals surface area contributed by atoms with Gasteiger partial charge in [-0.1, -0.05) is 54.1 Å². The zero-order valence-corrected chi connectivity index (χ0v) is 19.6. The van der Waals surface area contributed by atoms with Gasteiger partial charge in [-0.05, 0) is 35.9 Å². The first kappa shape index (κ1) is 23.7. The van der Waals surface area contributed by atoms with E-state index in [2.05, 4.69) is 4.98 Å². The topological polar surface area (TPSA) is 57.3 Å². The first-order chi connectivity index (χ1) is 17.3. The summed E-state index contributed by atoms with van der Waals surface area (Å²) in [7, 11) is 1.40. The van der Waals surface area contributed by atoms with Crippen LogP contribution >= 0.6 is 11.6 Å². The normalized spacial score (nSPS) is 11.7. The van der Waals surface area contributed by atoms with Gasteiger partial charge in [0.1, 0.15) is 11.4 Å². The summed E-state index contributed by atoms with van der Waals surface area (Å²) in [5.41, 5.74) is -0.195. The Morgan fingerprint density at radius 1 is 1.06 bits per heavy atom. The number of fused-ring (bicyclic) bond motifs is 1. The van der Waals surface area contributed by atoms with Crippen molar-refractivity contribution in [1.82, 2.24) is 9.55 Å². The van der Waals surface area contributed by atoms with Crippen LogP contribution < -0.4 is 4.74 Å². The molecule has 0 spiro atoms. The van der Waals surface area contributed by atoms with Gasteiger partial charge in [0.2, 0.25) is 0 Å². The molecule has 36 heavy (non-hydrogen) atoms. The smallest absolute Gasteiger partial charge is 0.432 e. The Bertz CT molecular complexity index is 1560. The number of ether oxygens (including phenoxy) is 1. The molecule has 2 heterocycles. The van der Waals surface area contributed by atoms with Crippen LogP contribution in [0.25, 0.3) is 22.2 Å². The van der Waals surface area contributed by atoms with E-state index >= 15 is 0 Å². The molecule has 0 amide bonds. The van der Waals surface area contributed by atoms with E-state index in [4.69, 9.17) is 20.8 Å². The molecule has 5 rings (SSSR count). The van der Waals surface area contributed by atoms with Crippen molar-refractivity contribution in [1.29, 1.82) is 0 Å². The van der Waals surface area contributed by atoms with Crippen molar-refractivity contribution < 1.29 is 27.1 Å². The third kappa shape index (κ3) is 4.35. The number of ketones is 1. The molecule has 0 bridgehead atoms. The monoisotopic (exact) mass is 510 g/mol. The van der Waals surface area contributed by atoms with E-state index in [-0.39, 0.29) is 23.2 Å². The van der Waals surface area contributed by atoms with Crippen molar-refractivity contribution in [3.05, 3.63) is 107 Å². The van der Waals surface area contributed by atoms with Crippen LogP contribution in [0.15, 0.2) is 83.4 Å². The molecule has 0 fully saturated rings. The third-order valence-corrected chi connectivity index (χ3v) is 6.03. The first-order valence-electron chi connectivity index (χ1n) is 10.8. The lowest BCUT2D eigenvalue weighted by atomic mass is 10.1. The highest BCUT2D eigenvalue weighted by Gasteiger charge is 2.42. The molecule has 0 saturated heterocycles. The van der Waals surface area contributed by atoms with Crippen LogP contribution in [-0.2, 0) is 12.7 Å². The number of carbonyl (C=O) groups excluding carboxylic acids is 1. The van der Waals surface area contributed by atoms with Crippen LogP contribution in [0.4, 0.5) is 13.2 Å². The molecular formula is C27H18ClF3N2O3. The van der Waals surface area contributed by atoms with Gasteiger partial charge in [0.15, 0.2) is 5.76 Å². The van der Waals surface area contributed by atoms with E-state index in [9.17, 15) is 18.0 Å². The molecular weight excluding hydrogens is 493 g/mol. The Hall–Kier alpha value is -4.04. The van der Waals surface area contributed by atoms with Crippen LogP contribution in [0.3, 0.4) is 0 Å². The lowest BCUT2D eigenvalue weighted by molar-refractivity contribution is -0.143. The summed E-state index contributed by atoms with van der Waals surface area (Å²) in [5, 5.41) is 0.547. The third-order valence-electron chi connectivity index (χ3n) is 5.78. The first-order valence-corrected chi connectivity index (χ1v) is 11.2. The number of methoxy groups -OCH3 is 1. The molecule has 0 N–H and O–H groups in total. The predicted molar refractivity (Wildman–Crippen MR) is 129 cm³/mol. The van der Waals surface area contributed by atoms with E-state index in [1.165, 1.54) is 25.4 Å². The maximum Gasteiger partial charge on any atom is 0.432 e. The Labute approximate surface area is 208 Å². The quantitative estimate of drug-likeness (QED) is 0.226. The SMILES string of the molecule is COc1ccc2c(c1)c(C(=O)c1ncc(-c3ccccc3)o1)c(C(F)(F)F)n2Cc1ccc(Cl)cc1. The molecule has 0 unspecified atom stereocenters. The maximum absolute atomic E-state index is 14.6. The fourth-order valence-electron chi connectivity index (χ4n) is 4.14. The van der Waals surface area contributed by atoms with Crippen LogP contribution in [0.2, 0.25) is 5.02 Å². The molecule has 0 aliphatic heterocycles. The minimum Gasteiger partial charge on any atom is -0.497 e. The number of hydrogen-bond donors (Lipinski definition) is 0. The minimum atomic E-state index is -4.85. The van der Waals surface area contributed by atoms with Crippen molar-refractivity contribution in [2.45, 2.75) is 12.7 Å². The average molecular weight is 511 g/mol. The summed E-state index contributed by atoms with van der Waals surface area (Å²) in [6.07, 6.45) is -3.53. The van der Waals surface area contributed by atoms with Gasteiger partial charge in [-0.3, -0.25) is 4.79 Å². The molecule has 0 radical (unpaired) electrons. The number of rotatable bonds is 6. The van der Waals surface area contributed by atoms with Gasteiger partial charge < -0.3 is 13.7 Å². The van der Waals surface area contributed by atoms with E-state index in [1.54, 1.807) is 54.6 Å². The van der Waals surface area contributed by atoms with Gasteiger partial charge in [-0.2, -0.15) is 13.2 Å². The highest BCUT2D eigenvalue weighted by Crippen LogP contribution is 2.41. The van der Waals surface area contributed by atoms with Gasteiger partial charge in [0.05, 0.1) is 18.9 Å². The Kier molecular flexibility index (Phi) is 6.05. The number of nitrogens with zero attached hydrogens (tertiary/aromatic N) is 2. The van der Waals surface area contributed by atoms with Gasteiger partial charge >= 0.3 is 6.18 Å².